The van der Waals surface area contributed by atoms with E-state index in [1.54, 1.807) is 0 Å². The number of anilines is 1. The molecular formula is C24H32Cl2N2O2. The molecule has 1 saturated heterocycles. The molecule has 0 bridgehead atoms. The Kier molecular flexibility index (Phi) is 9.02. The van der Waals surface area contributed by atoms with Gasteiger partial charge in [0.25, 0.3) is 0 Å². The van der Waals surface area contributed by atoms with Crippen LogP contribution in [-0.4, -0.2) is 42.2 Å². The van der Waals surface area contributed by atoms with Crippen LogP contribution < -0.4 is 4.90 Å². The Bertz CT molecular complexity index is 785. The molecule has 2 aromatic rings. The molecule has 30 heavy (non-hydrogen) atoms. The Hall–Kier alpha value is -1.75. The van der Waals surface area contributed by atoms with Gasteiger partial charge in [0.1, 0.15) is 0 Å². The smallest absolute Gasteiger partial charge is 0.314 e. The summed E-state index contributed by atoms with van der Waals surface area (Å²) in [4.78, 5) is 17.0. The highest BCUT2D eigenvalue weighted by Crippen LogP contribution is 2.40. The molecule has 1 aliphatic carbocycles. The predicted molar refractivity (Wildman–Crippen MR) is 127 cm³/mol. The van der Waals surface area contributed by atoms with Gasteiger partial charge in [-0.2, -0.15) is 0 Å². The first-order valence-corrected chi connectivity index (χ1v) is 10.5. The second kappa shape index (κ2) is 11.0. The summed E-state index contributed by atoms with van der Waals surface area (Å²) in [5.41, 5.74) is 2.88. The van der Waals surface area contributed by atoms with Crippen molar-refractivity contribution in [3.8, 4) is 0 Å². The van der Waals surface area contributed by atoms with Crippen LogP contribution in [0.1, 0.15) is 43.2 Å². The summed E-state index contributed by atoms with van der Waals surface area (Å²) < 4.78 is 0. The number of hydrogen-bond donors (Lipinski definition) is 1. The van der Waals surface area contributed by atoms with Crippen molar-refractivity contribution >= 4 is 36.5 Å². The highest BCUT2D eigenvalue weighted by atomic mass is 35.5. The van der Waals surface area contributed by atoms with Crippen LogP contribution in [0, 0.1) is 0 Å². The van der Waals surface area contributed by atoms with Crippen molar-refractivity contribution in [3.63, 3.8) is 0 Å². The van der Waals surface area contributed by atoms with Crippen molar-refractivity contribution in [1.82, 2.24) is 4.90 Å². The number of rotatable bonds is 5. The molecule has 0 spiro atoms. The summed E-state index contributed by atoms with van der Waals surface area (Å²) in [6.45, 7) is 5.13. The molecule has 0 amide bonds. The van der Waals surface area contributed by atoms with Gasteiger partial charge in [-0.25, -0.2) is 0 Å². The van der Waals surface area contributed by atoms with E-state index in [0.717, 1.165) is 70.4 Å². The van der Waals surface area contributed by atoms with Crippen LogP contribution >= 0.6 is 24.8 Å². The summed E-state index contributed by atoms with van der Waals surface area (Å²) in [5.74, 6) is -0.658. The minimum Gasteiger partial charge on any atom is -0.481 e. The van der Waals surface area contributed by atoms with Gasteiger partial charge in [0, 0.05) is 38.4 Å². The van der Waals surface area contributed by atoms with E-state index in [0.29, 0.717) is 0 Å². The van der Waals surface area contributed by atoms with E-state index in [-0.39, 0.29) is 24.8 Å². The van der Waals surface area contributed by atoms with E-state index in [1.165, 1.54) is 11.3 Å². The molecule has 1 aliphatic heterocycles. The van der Waals surface area contributed by atoms with Crippen molar-refractivity contribution in [2.45, 2.75) is 44.1 Å². The Morgan fingerprint density at radius 2 is 1.43 bits per heavy atom. The Morgan fingerprint density at radius 3 is 2.00 bits per heavy atom. The number of carbonyl (C=O) groups is 1. The molecule has 1 N–H and O–H groups in total. The summed E-state index contributed by atoms with van der Waals surface area (Å²) >= 11 is 0. The molecule has 4 rings (SSSR count). The molecule has 4 nitrogen and oxygen atoms in total. The fourth-order valence-electron chi connectivity index (χ4n) is 4.78. The summed E-state index contributed by atoms with van der Waals surface area (Å²) in [6, 6.07) is 19.0. The standard InChI is InChI=1S/C24H30N2O2.2ClH/c27-23(28)24(13-5-2-6-14-24)21-9-11-22(12-10-21)26-17-15-25(16-18-26)19-20-7-3-1-4-8-20;;/h1,3-4,7-12H,2,5-6,13-19H2,(H,27,28);2*1H. The number of halogens is 2. The number of nitrogens with zero attached hydrogens (tertiary/aromatic N) is 2. The first kappa shape index (κ1) is 24.5. The summed E-state index contributed by atoms with van der Waals surface area (Å²) in [6.07, 6.45) is 4.70. The van der Waals surface area contributed by atoms with E-state index >= 15 is 0 Å². The number of piperazine rings is 1. The minimum atomic E-state index is -0.675. The topological polar surface area (TPSA) is 43.8 Å². The van der Waals surface area contributed by atoms with Crippen LogP contribution in [0.15, 0.2) is 54.6 Å². The number of hydrogen-bond acceptors (Lipinski definition) is 3. The lowest BCUT2D eigenvalue weighted by molar-refractivity contribution is -0.145. The van der Waals surface area contributed by atoms with E-state index in [9.17, 15) is 9.90 Å². The van der Waals surface area contributed by atoms with Gasteiger partial charge < -0.3 is 10.0 Å². The van der Waals surface area contributed by atoms with Gasteiger partial charge in [0.15, 0.2) is 0 Å². The Balaban J connectivity index is 0.00000160. The van der Waals surface area contributed by atoms with Gasteiger partial charge in [-0.1, -0.05) is 61.7 Å². The fraction of sp³-hybridized carbons (Fsp3) is 0.458. The maximum atomic E-state index is 12.0. The van der Waals surface area contributed by atoms with Crippen molar-refractivity contribution in [2.24, 2.45) is 0 Å². The number of carboxylic acid groups (broad SMARTS) is 1. The van der Waals surface area contributed by atoms with E-state index < -0.39 is 11.4 Å². The Morgan fingerprint density at radius 1 is 0.833 bits per heavy atom. The second-order valence-electron chi connectivity index (χ2n) is 8.24. The first-order valence-electron chi connectivity index (χ1n) is 10.5. The molecule has 0 aromatic heterocycles. The molecule has 0 unspecified atom stereocenters. The zero-order valence-electron chi connectivity index (χ0n) is 17.3. The largest absolute Gasteiger partial charge is 0.481 e. The van der Waals surface area contributed by atoms with Crippen molar-refractivity contribution < 1.29 is 9.90 Å². The van der Waals surface area contributed by atoms with Gasteiger partial charge in [-0.3, -0.25) is 9.69 Å². The lowest BCUT2D eigenvalue weighted by Crippen LogP contribution is -2.46. The van der Waals surface area contributed by atoms with Crippen molar-refractivity contribution in [2.75, 3.05) is 31.1 Å². The van der Waals surface area contributed by atoms with Gasteiger partial charge in [0.05, 0.1) is 5.41 Å². The minimum absolute atomic E-state index is 0. The monoisotopic (exact) mass is 450 g/mol. The van der Waals surface area contributed by atoms with E-state index in [2.05, 4.69) is 64.4 Å². The zero-order valence-corrected chi connectivity index (χ0v) is 19.0. The molecule has 1 saturated carbocycles. The third kappa shape index (κ3) is 5.29. The van der Waals surface area contributed by atoms with Crippen LogP contribution in [0.3, 0.4) is 0 Å². The lowest BCUT2D eigenvalue weighted by atomic mass is 9.69. The van der Waals surface area contributed by atoms with Gasteiger partial charge in [-0.15, -0.1) is 24.8 Å². The molecule has 0 radical (unpaired) electrons. The van der Waals surface area contributed by atoms with Gasteiger partial charge >= 0.3 is 5.97 Å². The molecule has 2 aliphatic rings. The van der Waals surface area contributed by atoms with Crippen LogP contribution in [0.5, 0.6) is 0 Å². The summed E-state index contributed by atoms with van der Waals surface area (Å²) in [5, 5.41) is 9.89. The van der Waals surface area contributed by atoms with Crippen LogP contribution in [0.4, 0.5) is 5.69 Å². The van der Waals surface area contributed by atoms with E-state index in [4.69, 9.17) is 0 Å². The summed E-state index contributed by atoms with van der Waals surface area (Å²) in [7, 11) is 0. The van der Waals surface area contributed by atoms with Crippen molar-refractivity contribution in [3.05, 3.63) is 65.7 Å². The van der Waals surface area contributed by atoms with Crippen LogP contribution in [-0.2, 0) is 16.8 Å². The zero-order chi connectivity index (χ0) is 19.4. The molecule has 2 fully saturated rings. The fourth-order valence-corrected chi connectivity index (χ4v) is 4.78. The second-order valence-corrected chi connectivity index (χ2v) is 8.24. The van der Waals surface area contributed by atoms with E-state index in [1.807, 2.05) is 0 Å². The SMILES string of the molecule is Cl.Cl.O=C(O)C1(c2ccc(N3CCN(Cc4ccccc4)CC3)cc2)CCCCC1. The normalized spacial score (nSPS) is 18.7. The van der Waals surface area contributed by atoms with Crippen LogP contribution in [0.2, 0.25) is 0 Å². The maximum absolute atomic E-state index is 12.0. The molecule has 1 heterocycles. The first-order chi connectivity index (χ1) is 13.7. The number of aliphatic carboxylic acids is 1. The highest BCUT2D eigenvalue weighted by molar-refractivity contribution is 5.85. The molecule has 6 heteroatoms. The average Bonchev–Trinajstić information content (AvgIpc) is 2.75. The van der Waals surface area contributed by atoms with Crippen LogP contribution in [0.25, 0.3) is 0 Å². The lowest BCUT2D eigenvalue weighted by Gasteiger charge is -2.37. The molecule has 2 aromatic carbocycles. The Labute approximate surface area is 192 Å². The molecule has 164 valence electrons. The third-order valence-electron chi connectivity index (χ3n) is 6.52. The maximum Gasteiger partial charge on any atom is 0.314 e. The molecule has 0 atom stereocenters. The highest BCUT2D eigenvalue weighted by Gasteiger charge is 2.41. The molecular weight excluding hydrogens is 419 g/mol. The number of benzene rings is 2. The van der Waals surface area contributed by atoms with Gasteiger partial charge in [0.2, 0.25) is 0 Å². The predicted octanol–water partition coefficient (Wildman–Crippen LogP) is 5.14. The quantitative estimate of drug-likeness (QED) is 0.684. The number of carboxylic acids is 1. The third-order valence-corrected chi connectivity index (χ3v) is 6.52. The van der Waals surface area contributed by atoms with Gasteiger partial charge in [-0.05, 0) is 36.1 Å². The van der Waals surface area contributed by atoms with Crippen molar-refractivity contribution in [1.29, 1.82) is 0 Å². The average molecular weight is 451 g/mol.